The number of esters is 1. The maximum atomic E-state index is 12.5. The van der Waals surface area contributed by atoms with Gasteiger partial charge in [0.25, 0.3) is 5.91 Å². The second-order valence-corrected chi connectivity index (χ2v) is 5.45. The highest BCUT2D eigenvalue weighted by atomic mass is 16.5. The Balaban J connectivity index is 1.72. The van der Waals surface area contributed by atoms with Gasteiger partial charge in [-0.1, -0.05) is 18.2 Å². The van der Waals surface area contributed by atoms with Crippen molar-refractivity contribution in [1.82, 2.24) is 15.0 Å². The van der Waals surface area contributed by atoms with Crippen molar-refractivity contribution in [2.45, 2.75) is 6.54 Å². The Labute approximate surface area is 155 Å². The number of ether oxygens (including phenoxy) is 1. The molecule has 2 heterocycles. The largest absolute Gasteiger partial charge is 0.465 e. The summed E-state index contributed by atoms with van der Waals surface area (Å²) in [6.45, 7) is 0.462. The average Bonchev–Trinajstić information content (AvgIpc) is 2.73. The Bertz CT molecular complexity index is 947. The van der Waals surface area contributed by atoms with Gasteiger partial charge in [0, 0.05) is 12.3 Å². The lowest BCUT2D eigenvalue weighted by Gasteiger charge is -2.10. The Morgan fingerprint density at radius 2 is 1.85 bits per heavy atom. The Morgan fingerprint density at radius 3 is 2.63 bits per heavy atom. The molecule has 1 aromatic carbocycles. The number of hydrogen-bond donors (Lipinski definition) is 2. The third-order valence-corrected chi connectivity index (χ3v) is 3.66. The Hall–Kier alpha value is -3.81. The van der Waals surface area contributed by atoms with Gasteiger partial charge >= 0.3 is 5.97 Å². The molecular weight excluding hydrogens is 346 g/mol. The Morgan fingerprint density at radius 1 is 1.04 bits per heavy atom. The molecule has 1 amide bonds. The van der Waals surface area contributed by atoms with E-state index in [1.165, 1.54) is 19.5 Å². The van der Waals surface area contributed by atoms with E-state index in [9.17, 15) is 9.59 Å². The molecule has 2 aromatic heterocycles. The molecule has 8 nitrogen and oxygen atoms in total. The van der Waals surface area contributed by atoms with Gasteiger partial charge in [-0.05, 0) is 24.3 Å². The summed E-state index contributed by atoms with van der Waals surface area (Å²) in [4.78, 5) is 36.6. The number of methoxy groups -OCH3 is 1. The van der Waals surface area contributed by atoms with Crippen LogP contribution in [0, 0.1) is 0 Å². The minimum atomic E-state index is -0.536. The monoisotopic (exact) mass is 363 g/mol. The van der Waals surface area contributed by atoms with E-state index in [0.29, 0.717) is 18.1 Å². The van der Waals surface area contributed by atoms with Crippen molar-refractivity contribution in [2.75, 3.05) is 17.7 Å². The first-order chi connectivity index (χ1) is 13.2. The quantitative estimate of drug-likeness (QED) is 0.648. The van der Waals surface area contributed by atoms with Crippen LogP contribution in [-0.2, 0) is 11.3 Å². The molecule has 0 aliphatic rings. The van der Waals surface area contributed by atoms with Gasteiger partial charge in [0.1, 0.15) is 17.8 Å². The third kappa shape index (κ3) is 4.63. The van der Waals surface area contributed by atoms with Crippen molar-refractivity contribution in [1.29, 1.82) is 0 Å². The van der Waals surface area contributed by atoms with Gasteiger partial charge in [-0.25, -0.2) is 14.8 Å². The third-order valence-electron chi connectivity index (χ3n) is 3.66. The van der Waals surface area contributed by atoms with Crippen LogP contribution in [0.15, 0.2) is 61.1 Å². The molecular formula is C19H17N5O3. The fraction of sp³-hybridized carbons (Fsp3) is 0.105. The van der Waals surface area contributed by atoms with Crippen LogP contribution in [0.2, 0.25) is 0 Å². The number of anilines is 2. The predicted molar refractivity (Wildman–Crippen MR) is 99.3 cm³/mol. The summed E-state index contributed by atoms with van der Waals surface area (Å²) in [5.41, 5.74) is 1.61. The number of carbonyl (C=O) groups excluding carboxylic acids is 2. The summed E-state index contributed by atoms with van der Waals surface area (Å²) in [5.74, 6) is -0.511. The van der Waals surface area contributed by atoms with E-state index in [1.54, 1.807) is 30.5 Å². The van der Waals surface area contributed by atoms with Gasteiger partial charge in [0.15, 0.2) is 0 Å². The van der Waals surface area contributed by atoms with Crippen LogP contribution in [0.4, 0.5) is 11.5 Å². The smallest absolute Gasteiger partial charge is 0.339 e. The number of pyridine rings is 1. The summed E-state index contributed by atoms with van der Waals surface area (Å²) in [5, 5.41) is 5.76. The van der Waals surface area contributed by atoms with Crippen LogP contribution in [0.5, 0.6) is 0 Å². The highest BCUT2D eigenvalue weighted by Gasteiger charge is 2.15. The first-order valence-corrected chi connectivity index (χ1v) is 8.12. The van der Waals surface area contributed by atoms with Gasteiger partial charge in [-0.2, -0.15) is 0 Å². The van der Waals surface area contributed by atoms with Crippen molar-refractivity contribution >= 4 is 23.4 Å². The lowest BCUT2D eigenvalue weighted by Crippen LogP contribution is -2.17. The second-order valence-electron chi connectivity index (χ2n) is 5.45. The standard InChI is InChI=1S/C19H17N5O3/c1-27-19(26)14-7-2-3-8-15(14)24-18(25)16-10-17(23-12-22-16)21-11-13-6-4-5-9-20-13/h2-10,12H,11H2,1H3,(H,24,25)(H,21,22,23). The van der Waals surface area contributed by atoms with Gasteiger partial charge in [0.2, 0.25) is 0 Å². The van der Waals surface area contributed by atoms with Gasteiger partial charge in [0.05, 0.1) is 30.6 Å². The molecule has 27 heavy (non-hydrogen) atoms. The normalized spacial score (nSPS) is 10.1. The number of carbonyl (C=O) groups is 2. The number of benzene rings is 1. The van der Waals surface area contributed by atoms with Gasteiger partial charge in [-0.15, -0.1) is 0 Å². The predicted octanol–water partition coefficient (Wildman–Crippen LogP) is 2.52. The van der Waals surface area contributed by atoms with E-state index in [-0.39, 0.29) is 11.3 Å². The van der Waals surface area contributed by atoms with E-state index in [0.717, 1.165) is 5.69 Å². The van der Waals surface area contributed by atoms with Crippen molar-refractivity contribution < 1.29 is 14.3 Å². The molecule has 3 aromatic rings. The molecule has 3 rings (SSSR count). The van der Waals surface area contributed by atoms with Crippen LogP contribution in [0.3, 0.4) is 0 Å². The van der Waals surface area contributed by atoms with Crippen LogP contribution in [0.1, 0.15) is 26.5 Å². The highest BCUT2D eigenvalue weighted by molar-refractivity contribution is 6.07. The lowest BCUT2D eigenvalue weighted by molar-refractivity contribution is 0.0602. The zero-order chi connectivity index (χ0) is 19.1. The highest BCUT2D eigenvalue weighted by Crippen LogP contribution is 2.17. The van der Waals surface area contributed by atoms with Gasteiger partial charge in [-0.3, -0.25) is 9.78 Å². The fourth-order valence-electron chi connectivity index (χ4n) is 2.33. The maximum absolute atomic E-state index is 12.5. The average molecular weight is 363 g/mol. The molecule has 8 heteroatoms. The topological polar surface area (TPSA) is 106 Å². The van der Waals surface area contributed by atoms with Crippen molar-refractivity contribution in [3.05, 3.63) is 78.0 Å². The molecule has 0 aliphatic heterocycles. The van der Waals surface area contributed by atoms with Crippen LogP contribution >= 0.6 is 0 Å². The SMILES string of the molecule is COC(=O)c1ccccc1NC(=O)c1cc(NCc2ccccn2)ncn1. The van der Waals surface area contributed by atoms with Crippen molar-refractivity contribution in [3.8, 4) is 0 Å². The molecule has 2 N–H and O–H groups in total. The second kappa shape index (κ2) is 8.52. The van der Waals surface area contributed by atoms with E-state index in [2.05, 4.69) is 25.6 Å². The van der Waals surface area contributed by atoms with E-state index in [4.69, 9.17) is 4.74 Å². The van der Waals surface area contributed by atoms with Crippen LogP contribution < -0.4 is 10.6 Å². The fourth-order valence-corrected chi connectivity index (χ4v) is 2.33. The van der Waals surface area contributed by atoms with Crippen molar-refractivity contribution in [2.24, 2.45) is 0 Å². The molecule has 0 fully saturated rings. The first kappa shape index (κ1) is 18.0. The van der Waals surface area contributed by atoms with E-state index < -0.39 is 11.9 Å². The lowest BCUT2D eigenvalue weighted by atomic mass is 10.1. The molecule has 0 saturated carbocycles. The first-order valence-electron chi connectivity index (χ1n) is 8.12. The molecule has 0 aliphatic carbocycles. The number of hydrogen-bond acceptors (Lipinski definition) is 7. The Kier molecular flexibility index (Phi) is 5.68. The number of para-hydroxylation sites is 1. The minimum Gasteiger partial charge on any atom is -0.465 e. The molecule has 0 bridgehead atoms. The molecule has 0 radical (unpaired) electrons. The maximum Gasteiger partial charge on any atom is 0.339 e. The number of amides is 1. The van der Waals surface area contributed by atoms with E-state index >= 15 is 0 Å². The molecule has 0 atom stereocenters. The number of rotatable bonds is 6. The number of nitrogens with one attached hydrogen (secondary N) is 2. The number of aromatic nitrogens is 3. The summed E-state index contributed by atoms with van der Waals surface area (Å²) in [6.07, 6.45) is 3.00. The summed E-state index contributed by atoms with van der Waals surface area (Å²) in [7, 11) is 1.28. The molecule has 0 saturated heterocycles. The molecule has 136 valence electrons. The van der Waals surface area contributed by atoms with Crippen LogP contribution in [0.25, 0.3) is 0 Å². The zero-order valence-corrected chi connectivity index (χ0v) is 14.5. The number of nitrogens with zero attached hydrogens (tertiary/aromatic N) is 3. The summed E-state index contributed by atoms with van der Waals surface area (Å²) in [6, 6.07) is 13.7. The summed E-state index contributed by atoms with van der Waals surface area (Å²) < 4.78 is 4.73. The molecule has 0 spiro atoms. The van der Waals surface area contributed by atoms with Gasteiger partial charge < -0.3 is 15.4 Å². The van der Waals surface area contributed by atoms with E-state index in [1.807, 2.05) is 18.2 Å². The van der Waals surface area contributed by atoms with Crippen LogP contribution in [-0.4, -0.2) is 33.9 Å². The zero-order valence-electron chi connectivity index (χ0n) is 14.5. The molecule has 0 unspecified atom stereocenters. The summed E-state index contributed by atoms with van der Waals surface area (Å²) >= 11 is 0. The minimum absolute atomic E-state index is 0.160. The van der Waals surface area contributed by atoms with Crippen molar-refractivity contribution in [3.63, 3.8) is 0 Å².